The summed E-state index contributed by atoms with van der Waals surface area (Å²) in [7, 11) is 0. The number of carboxylic acids is 1. The molecular formula is C12H12N2O3. The van der Waals surface area contributed by atoms with Crippen molar-refractivity contribution in [3.8, 4) is 0 Å². The molecule has 3 heterocycles. The van der Waals surface area contributed by atoms with Crippen LogP contribution in [0, 0.1) is 0 Å². The van der Waals surface area contributed by atoms with Crippen molar-refractivity contribution in [2.45, 2.75) is 12.6 Å². The van der Waals surface area contributed by atoms with Gasteiger partial charge in [0.15, 0.2) is 0 Å². The van der Waals surface area contributed by atoms with Crippen LogP contribution >= 0.6 is 0 Å². The van der Waals surface area contributed by atoms with Crippen LogP contribution in [0.4, 0.5) is 0 Å². The lowest BCUT2D eigenvalue weighted by molar-refractivity contribution is 0.0435. The Balaban J connectivity index is 2.06. The molecule has 0 saturated heterocycles. The third kappa shape index (κ3) is 1.55. The number of rotatable bonds is 2. The van der Waals surface area contributed by atoms with E-state index in [0.717, 1.165) is 11.3 Å². The highest BCUT2D eigenvalue weighted by atomic mass is 16.5. The van der Waals surface area contributed by atoms with Gasteiger partial charge in [0.2, 0.25) is 0 Å². The summed E-state index contributed by atoms with van der Waals surface area (Å²) in [6.07, 6.45) is 3.52. The van der Waals surface area contributed by atoms with Crippen LogP contribution in [0.15, 0.2) is 30.6 Å². The Labute approximate surface area is 97.6 Å². The summed E-state index contributed by atoms with van der Waals surface area (Å²) in [4.78, 5) is 14.0. The molecule has 1 aliphatic heterocycles. The number of carbonyl (C=O) groups is 1. The number of aromatic carboxylic acids is 1. The maximum atomic E-state index is 11.1. The summed E-state index contributed by atoms with van der Waals surface area (Å²) >= 11 is 0. The first-order valence-electron chi connectivity index (χ1n) is 5.44. The Morgan fingerprint density at radius 1 is 1.47 bits per heavy atom. The number of nitrogens with zero attached hydrogens (tertiary/aromatic N) is 1. The van der Waals surface area contributed by atoms with E-state index >= 15 is 0 Å². The largest absolute Gasteiger partial charge is 0.477 e. The van der Waals surface area contributed by atoms with Gasteiger partial charge < -0.3 is 19.4 Å². The third-order valence-electron chi connectivity index (χ3n) is 3.03. The summed E-state index contributed by atoms with van der Waals surface area (Å²) in [5.74, 6) is -0.897. The molecule has 1 unspecified atom stereocenters. The Bertz CT molecular complexity index is 542. The summed E-state index contributed by atoms with van der Waals surface area (Å²) in [6.45, 7) is 1.11. The Hall–Kier alpha value is -2.01. The highest BCUT2D eigenvalue weighted by Crippen LogP contribution is 2.30. The van der Waals surface area contributed by atoms with Crippen LogP contribution in [0.1, 0.15) is 27.8 Å². The van der Waals surface area contributed by atoms with Crippen molar-refractivity contribution in [3.63, 3.8) is 0 Å². The van der Waals surface area contributed by atoms with E-state index in [1.54, 1.807) is 6.07 Å². The molecule has 5 nitrogen and oxygen atoms in total. The normalized spacial score (nSPS) is 18.9. The molecule has 0 aliphatic carbocycles. The molecule has 2 aromatic heterocycles. The number of aromatic nitrogens is 2. The van der Waals surface area contributed by atoms with Gasteiger partial charge in [0.1, 0.15) is 11.8 Å². The average Bonchev–Trinajstić information content (AvgIpc) is 2.97. The molecular weight excluding hydrogens is 220 g/mol. The molecule has 2 N–H and O–H groups in total. The van der Waals surface area contributed by atoms with E-state index in [0.29, 0.717) is 18.8 Å². The van der Waals surface area contributed by atoms with Gasteiger partial charge in [-0.05, 0) is 18.2 Å². The molecule has 0 amide bonds. The zero-order chi connectivity index (χ0) is 11.8. The van der Waals surface area contributed by atoms with E-state index < -0.39 is 5.97 Å². The second kappa shape index (κ2) is 3.78. The van der Waals surface area contributed by atoms with Gasteiger partial charge in [-0.3, -0.25) is 0 Å². The number of hydrogen-bond donors (Lipinski definition) is 2. The molecule has 0 radical (unpaired) electrons. The zero-order valence-electron chi connectivity index (χ0n) is 9.09. The lowest BCUT2D eigenvalue weighted by Gasteiger charge is -2.25. The van der Waals surface area contributed by atoms with Crippen LogP contribution < -0.4 is 0 Å². The maximum Gasteiger partial charge on any atom is 0.352 e. The number of nitrogens with one attached hydrogen (secondary N) is 1. The first kappa shape index (κ1) is 10.2. The van der Waals surface area contributed by atoms with Gasteiger partial charge in [-0.15, -0.1) is 0 Å². The number of H-pyrrole nitrogens is 1. The van der Waals surface area contributed by atoms with E-state index in [1.165, 1.54) is 0 Å². The quantitative estimate of drug-likeness (QED) is 0.827. The van der Waals surface area contributed by atoms with E-state index in [1.807, 2.05) is 29.1 Å². The van der Waals surface area contributed by atoms with Crippen molar-refractivity contribution in [2.24, 2.45) is 0 Å². The Kier molecular flexibility index (Phi) is 2.26. The molecule has 88 valence electrons. The first-order valence-corrected chi connectivity index (χ1v) is 5.44. The highest BCUT2D eigenvalue weighted by Gasteiger charge is 2.26. The monoisotopic (exact) mass is 232 g/mol. The molecule has 0 aromatic carbocycles. The summed E-state index contributed by atoms with van der Waals surface area (Å²) in [5.41, 5.74) is 2.23. The van der Waals surface area contributed by atoms with Gasteiger partial charge in [0.05, 0.1) is 12.3 Å². The smallest absolute Gasteiger partial charge is 0.352 e. The fraction of sp³-hybridized carbons (Fsp3) is 0.250. The van der Waals surface area contributed by atoms with Crippen molar-refractivity contribution in [3.05, 3.63) is 47.5 Å². The molecule has 0 bridgehead atoms. The van der Waals surface area contributed by atoms with Gasteiger partial charge in [-0.1, -0.05) is 0 Å². The van der Waals surface area contributed by atoms with E-state index in [4.69, 9.17) is 9.84 Å². The highest BCUT2D eigenvalue weighted by molar-refractivity contribution is 5.86. The fourth-order valence-electron chi connectivity index (χ4n) is 2.26. The number of ether oxygens (including phenoxy) is 1. The zero-order valence-corrected chi connectivity index (χ0v) is 9.09. The van der Waals surface area contributed by atoms with Gasteiger partial charge in [0.25, 0.3) is 0 Å². The number of hydrogen-bond acceptors (Lipinski definition) is 2. The minimum Gasteiger partial charge on any atom is -0.477 e. The predicted octanol–water partition coefficient (Wildman–Crippen LogP) is 1.63. The van der Waals surface area contributed by atoms with Crippen molar-refractivity contribution >= 4 is 5.97 Å². The molecule has 1 atom stereocenters. The van der Waals surface area contributed by atoms with Crippen molar-refractivity contribution in [1.82, 2.24) is 9.55 Å². The molecule has 0 saturated carbocycles. The lowest BCUT2D eigenvalue weighted by Crippen LogP contribution is -2.24. The standard InChI is InChI=1S/C12H12N2O3/c15-12(16)10-2-1-9-11(8-3-4-13-7-8)17-6-5-14(9)10/h1-4,7,11,13H,5-6H2,(H,15,16). The second-order valence-electron chi connectivity index (χ2n) is 4.00. The molecule has 3 rings (SSSR count). The van der Waals surface area contributed by atoms with Crippen LogP contribution in [-0.2, 0) is 11.3 Å². The number of carboxylic acid groups (broad SMARTS) is 1. The minimum absolute atomic E-state index is 0.178. The van der Waals surface area contributed by atoms with Crippen LogP contribution in [0.2, 0.25) is 0 Å². The van der Waals surface area contributed by atoms with Gasteiger partial charge >= 0.3 is 5.97 Å². The lowest BCUT2D eigenvalue weighted by atomic mass is 10.1. The van der Waals surface area contributed by atoms with E-state index in [2.05, 4.69) is 4.98 Å². The molecule has 1 aliphatic rings. The maximum absolute atomic E-state index is 11.1. The molecule has 17 heavy (non-hydrogen) atoms. The Morgan fingerprint density at radius 2 is 2.35 bits per heavy atom. The summed E-state index contributed by atoms with van der Waals surface area (Å²) in [6, 6.07) is 5.39. The van der Waals surface area contributed by atoms with Gasteiger partial charge in [-0.2, -0.15) is 0 Å². The van der Waals surface area contributed by atoms with Crippen LogP contribution in [0.25, 0.3) is 0 Å². The second-order valence-corrected chi connectivity index (χ2v) is 4.00. The van der Waals surface area contributed by atoms with E-state index in [-0.39, 0.29) is 6.10 Å². The molecule has 2 aromatic rings. The molecule has 0 fully saturated rings. The van der Waals surface area contributed by atoms with Crippen LogP contribution in [-0.4, -0.2) is 27.2 Å². The average molecular weight is 232 g/mol. The van der Waals surface area contributed by atoms with Crippen molar-refractivity contribution < 1.29 is 14.6 Å². The summed E-state index contributed by atoms with van der Waals surface area (Å²) < 4.78 is 7.52. The fourth-order valence-corrected chi connectivity index (χ4v) is 2.26. The molecule has 5 heteroatoms. The van der Waals surface area contributed by atoms with E-state index in [9.17, 15) is 4.79 Å². The first-order chi connectivity index (χ1) is 8.27. The third-order valence-corrected chi connectivity index (χ3v) is 3.03. The topological polar surface area (TPSA) is 67.2 Å². The predicted molar refractivity (Wildman–Crippen MR) is 60.0 cm³/mol. The number of fused-ring (bicyclic) bond motifs is 1. The number of aromatic amines is 1. The van der Waals surface area contributed by atoms with Crippen molar-refractivity contribution in [1.29, 1.82) is 0 Å². The Morgan fingerprint density at radius 3 is 3.06 bits per heavy atom. The van der Waals surface area contributed by atoms with Crippen LogP contribution in [0.3, 0.4) is 0 Å². The summed E-state index contributed by atoms with van der Waals surface area (Å²) in [5, 5.41) is 9.08. The molecule has 0 spiro atoms. The minimum atomic E-state index is -0.897. The van der Waals surface area contributed by atoms with Crippen molar-refractivity contribution in [2.75, 3.05) is 6.61 Å². The SMILES string of the molecule is O=C(O)c1ccc2n1CCOC2c1cc[nH]c1. The van der Waals surface area contributed by atoms with Crippen LogP contribution in [0.5, 0.6) is 0 Å². The van der Waals surface area contributed by atoms with Gasteiger partial charge in [0, 0.05) is 24.5 Å². The van der Waals surface area contributed by atoms with Gasteiger partial charge in [-0.25, -0.2) is 4.79 Å².